The van der Waals surface area contributed by atoms with Crippen molar-refractivity contribution in [3.63, 3.8) is 0 Å². The highest BCUT2D eigenvalue weighted by Crippen LogP contribution is 2.21. The van der Waals surface area contributed by atoms with E-state index >= 15 is 0 Å². The first kappa shape index (κ1) is 13.5. The molecule has 0 saturated heterocycles. The minimum absolute atomic E-state index is 0.0909. The third-order valence-electron chi connectivity index (χ3n) is 3.57. The molecular formula is C12H21N3O2S. The molecule has 6 heteroatoms. The summed E-state index contributed by atoms with van der Waals surface area (Å²) in [6.45, 7) is 4.43. The highest BCUT2D eigenvalue weighted by Gasteiger charge is 2.25. The van der Waals surface area contributed by atoms with Gasteiger partial charge in [0, 0.05) is 12.6 Å². The lowest BCUT2D eigenvalue weighted by atomic mass is 9.96. The highest BCUT2D eigenvalue weighted by molar-refractivity contribution is 7.89. The zero-order valence-electron chi connectivity index (χ0n) is 11.0. The van der Waals surface area contributed by atoms with Crippen LogP contribution in [0.4, 0.5) is 0 Å². The fourth-order valence-electron chi connectivity index (χ4n) is 2.52. The average molecular weight is 271 g/mol. The number of hydrogen-bond acceptors (Lipinski definition) is 3. The summed E-state index contributed by atoms with van der Waals surface area (Å²) in [4.78, 5) is 0.315. The van der Waals surface area contributed by atoms with E-state index in [1.165, 1.54) is 12.6 Å². The summed E-state index contributed by atoms with van der Waals surface area (Å²) in [5.41, 5.74) is 0.709. The molecule has 0 aromatic carbocycles. The van der Waals surface area contributed by atoms with E-state index in [1.54, 1.807) is 11.6 Å². The van der Waals surface area contributed by atoms with Gasteiger partial charge in [-0.2, -0.15) is 5.10 Å². The van der Waals surface area contributed by atoms with Crippen molar-refractivity contribution in [1.82, 2.24) is 14.5 Å². The Morgan fingerprint density at radius 1 is 1.39 bits per heavy atom. The molecule has 1 aliphatic carbocycles. The van der Waals surface area contributed by atoms with Crippen molar-refractivity contribution >= 4 is 10.0 Å². The Balaban J connectivity index is 2.16. The van der Waals surface area contributed by atoms with Crippen molar-refractivity contribution < 1.29 is 8.42 Å². The van der Waals surface area contributed by atoms with E-state index in [0.29, 0.717) is 17.1 Å². The van der Waals surface area contributed by atoms with Crippen LogP contribution in [-0.2, 0) is 16.6 Å². The average Bonchev–Trinajstić information content (AvgIpc) is 2.72. The molecule has 0 spiro atoms. The monoisotopic (exact) mass is 271 g/mol. The van der Waals surface area contributed by atoms with Gasteiger partial charge >= 0.3 is 0 Å². The molecule has 18 heavy (non-hydrogen) atoms. The molecule has 0 unspecified atom stereocenters. The zero-order valence-corrected chi connectivity index (χ0v) is 11.8. The van der Waals surface area contributed by atoms with Gasteiger partial charge in [0.05, 0.1) is 11.9 Å². The van der Waals surface area contributed by atoms with Gasteiger partial charge in [0.15, 0.2) is 0 Å². The van der Waals surface area contributed by atoms with Crippen LogP contribution in [0.1, 0.15) is 44.7 Å². The predicted octanol–water partition coefficient (Wildman–Crippen LogP) is 1.82. The third-order valence-corrected chi connectivity index (χ3v) is 5.20. The first-order chi connectivity index (χ1) is 8.54. The summed E-state index contributed by atoms with van der Waals surface area (Å²) in [6, 6.07) is 0.0909. The van der Waals surface area contributed by atoms with Gasteiger partial charge in [-0.15, -0.1) is 0 Å². The largest absolute Gasteiger partial charge is 0.269 e. The number of nitrogens with one attached hydrogen (secondary N) is 1. The lowest BCUT2D eigenvalue weighted by molar-refractivity contribution is 0.412. The quantitative estimate of drug-likeness (QED) is 0.908. The Kier molecular flexibility index (Phi) is 4.07. The van der Waals surface area contributed by atoms with Crippen LogP contribution in [0.15, 0.2) is 11.1 Å². The number of aryl methyl sites for hydroxylation is 1. The fourth-order valence-corrected chi connectivity index (χ4v) is 4.00. The van der Waals surface area contributed by atoms with Gasteiger partial charge in [0.25, 0.3) is 0 Å². The van der Waals surface area contributed by atoms with Gasteiger partial charge in [-0.05, 0) is 26.7 Å². The molecule has 1 heterocycles. The smallest absolute Gasteiger partial charge is 0.244 e. The van der Waals surface area contributed by atoms with Gasteiger partial charge in [0.2, 0.25) is 10.0 Å². The van der Waals surface area contributed by atoms with Crippen LogP contribution in [0.25, 0.3) is 0 Å². The Morgan fingerprint density at radius 2 is 2.06 bits per heavy atom. The molecule has 0 aliphatic heterocycles. The van der Waals surface area contributed by atoms with Crippen molar-refractivity contribution in [2.24, 2.45) is 0 Å². The Bertz CT molecular complexity index is 501. The molecule has 1 aromatic heterocycles. The van der Waals surface area contributed by atoms with Gasteiger partial charge in [-0.25, -0.2) is 13.1 Å². The molecule has 5 nitrogen and oxygen atoms in total. The second kappa shape index (κ2) is 5.40. The summed E-state index contributed by atoms with van der Waals surface area (Å²) in [5, 5.41) is 4.09. The molecule has 0 amide bonds. The van der Waals surface area contributed by atoms with Crippen molar-refractivity contribution in [2.75, 3.05) is 0 Å². The molecule has 0 radical (unpaired) electrons. The Labute approximate surface area is 109 Å². The predicted molar refractivity (Wildman–Crippen MR) is 69.8 cm³/mol. The first-order valence-electron chi connectivity index (χ1n) is 6.59. The van der Waals surface area contributed by atoms with Crippen molar-refractivity contribution in [1.29, 1.82) is 0 Å². The van der Waals surface area contributed by atoms with Crippen LogP contribution in [0, 0.1) is 6.92 Å². The number of nitrogens with zero attached hydrogens (tertiary/aromatic N) is 2. The number of sulfonamides is 1. The fraction of sp³-hybridized carbons (Fsp3) is 0.750. The summed E-state index contributed by atoms with van der Waals surface area (Å²) in [5.74, 6) is 0. The minimum atomic E-state index is -3.41. The SMILES string of the molecule is CCn1ncc(S(=O)(=O)NC2CCCCC2)c1C. The maximum atomic E-state index is 12.3. The molecule has 1 aromatic rings. The molecule has 2 rings (SSSR count). The van der Waals surface area contributed by atoms with Crippen molar-refractivity contribution in [2.45, 2.75) is 63.4 Å². The van der Waals surface area contributed by atoms with E-state index in [4.69, 9.17) is 0 Å². The van der Waals surface area contributed by atoms with Crippen LogP contribution >= 0.6 is 0 Å². The standard InChI is InChI=1S/C12H21N3O2S/c1-3-15-10(2)12(9-13-15)18(16,17)14-11-7-5-4-6-8-11/h9,11,14H,3-8H2,1-2H3. The lowest BCUT2D eigenvalue weighted by Gasteiger charge is -2.22. The second-order valence-electron chi connectivity index (χ2n) is 4.87. The van der Waals surface area contributed by atoms with Crippen LogP contribution in [0.5, 0.6) is 0 Å². The highest BCUT2D eigenvalue weighted by atomic mass is 32.2. The number of rotatable bonds is 4. The van der Waals surface area contributed by atoms with E-state index in [2.05, 4.69) is 9.82 Å². The van der Waals surface area contributed by atoms with Crippen LogP contribution in [0.2, 0.25) is 0 Å². The molecule has 1 fully saturated rings. The maximum absolute atomic E-state index is 12.3. The van der Waals surface area contributed by atoms with E-state index in [0.717, 1.165) is 25.7 Å². The first-order valence-corrected chi connectivity index (χ1v) is 8.07. The van der Waals surface area contributed by atoms with E-state index in [9.17, 15) is 8.42 Å². The Hall–Kier alpha value is -0.880. The van der Waals surface area contributed by atoms with Crippen LogP contribution in [-0.4, -0.2) is 24.2 Å². The minimum Gasteiger partial charge on any atom is -0.269 e. The molecule has 1 aliphatic rings. The summed E-state index contributed by atoms with van der Waals surface area (Å²) in [7, 11) is -3.41. The molecule has 0 atom stereocenters. The lowest BCUT2D eigenvalue weighted by Crippen LogP contribution is -2.36. The summed E-state index contributed by atoms with van der Waals surface area (Å²) >= 11 is 0. The molecular weight excluding hydrogens is 250 g/mol. The van der Waals surface area contributed by atoms with E-state index < -0.39 is 10.0 Å². The summed E-state index contributed by atoms with van der Waals surface area (Å²) in [6.07, 6.45) is 6.77. The van der Waals surface area contributed by atoms with Gasteiger partial charge in [-0.3, -0.25) is 4.68 Å². The van der Waals surface area contributed by atoms with E-state index in [-0.39, 0.29) is 6.04 Å². The summed E-state index contributed by atoms with van der Waals surface area (Å²) < 4.78 is 29.1. The zero-order chi connectivity index (χ0) is 13.2. The molecule has 1 N–H and O–H groups in total. The van der Waals surface area contributed by atoms with Crippen LogP contribution < -0.4 is 4.72 Å². The van der Waals surface area contributed by atoms with Crippen molar-refractivity contribution in [3.05, 3.63) is 11.9 Å². The van der Waals surface area contributed by atoms with Gasteiger partial charge in [0.1, 0.15) is 4.90 Å². The number of hydrogen-bond donors (Lipinski definition) is 1. The number of aromatic nitrogens is 2. The third kappa shape index (κ3) is 2.75. The second-order valence-corrected chi connectivity index (χ2v) is 6.55. The van der Waals surface area contributed by atoms with Crippen LogP contribution in [0.3, 0.4) is 0 Å². The Morgan fingerprint density at radius 3 is 2.61 bits per heavy atom. The molecule has 0 bridgehead atoms. The van der Waals surface area contributed by atoms with E-state index in [1.807, 2.05) is 6.92 Å². The topological polar surface area (TPSA) is 64.0 Å². The molecule has 102 valence electrons. The normalized spacial score (nSPS) is 18.1. The van der Waals surface area contributed by atoms with Gasteiger partial charge in [-0.1, -0.05) is 19.3 Å². The van der Waals surface area contributed by atoms with Gasteiger partial charge < -0.3 is 0 Å². The molecule has 1 saturated carbocycles. The van der Waals surface area contributed by atoms with Crippen molar-refractivity contribution in [3.8, 4) is 0 Å². The maximum Gasteiger partial charge on any atom is 0.244 e.